The lowest BCUT2D eigenvalue weighted by molar-refractivity contribution is 0.102. The van der Waals surface area contributed by atoms with E-state index in [0.29, 0.717) is 17.2 Å². The predicted octanol–water partition coefficient (Wildman–Crippen LogP) is 4.45. The Balaban J connectivity index is 1.49. The van der Waals surface area contributed by atoms with Gasteiger partial charge in [-0.2, -0.15) is 0 Å². The fourth-order valence-corrected chi connectivity index (χ4v) is 3.64. The van der Waals surface area contributed by atoms with Gasteiger partial charge in [-0.05, 0) is 61.7 Å². The first-order valence-electron chi connectivity index (χ1n) is 10.7. The zero-order chi connectivity index (χ0) is 23.4. The van der Waals surface area contributed by atoms with Crippen LogP contribution in [0, 0.1) is 18.2 Å². The van der Waals surface area contributed by atoms with Crippen LogP contribution in [0.2, 0.25) is 0 Å². The van der Waals surface area contributed by atoms with E-state index >= 15 is 0 Å². The van der Waals surface area contributed by atoms with Gasteiger partial charge in [0.2, 0.25) is 0 Å². The van der Waals surface area contributed by atoms with E-state index in [4.69, 9.17) is 5.41 Å². The SMILES string of the molecule is Cc1ccc(NC(=O)c2cc(F)ccc2NC(=O)c2ccc(C(=N)N3CCCC3)cc2)nc1. The maximum atomic E-state index is 13.9. The van der Waals surface area contributed by atoms with Gasteiger partial charge in [0, 0.05) is 30.4 Å². The number of amidine groups is 1. The Labute approximate surface area is 191 Å². The van der Waals surface area contributed by atoms with Crippen molar-refractivity contribution in [3.05, 3.63) is 88.9 Å². The van der Waals surface area contributed by atoms with Crippen LogP contribution in [0.1, 0.15) is 44.7 Å². The van der Waals surface area contributed by atoms with Gasteiger partial charge >= 0.3 is 0 Å². The summed E-state index contributed by atoms with van der Waals surface area (Å²) in [6.45, 7) is 3.61. The number of halogens is 1. The predicted molar refractivity (Wildman–Crippen MR) is 125 cm³/mol. The minimum absolute atomic E-state index is 0.0156. The summed E-state index contributed by atoms with van der Waals surface area (Å²) in [6, 6.07) is 13.8. The van der Waals surface area contributed by atoms with Crippen molar-refractivity contribution in [3.63, 3.8) is 0 Å². The smallest absolute Gasteiger partial charge is 0.259 e. The topological polar surface area (TPSA) is 98.2 Å². The summed E-state index contributed by atoms with van der Waals surface area (Å²) >= 11 is 0. The van der Waals surface area contributed by atoms with E-state index in [0.717, 1.165) is 43.1 Å². The number of aryl methyl sites for hydroxylation is 1. The zero-order valence-electron chi connectivity index (χ0n) is 18.2. The van der Waals surface area contributed by atoms with E-state index in [2.05, 4.69) is 15.6 Å². The lowest BCUT2D eigenvalue weighted by atomic mass is 10.1. The number of likely N-dealkylation sites (tertiary alicyclic amines) is 1. The number of anilines is 2. The number of carbonyl (C=O) groups excluding carboxylic acids is 2. The Kier molecular flexibility index (Phi) is 6.44. The standard InChI is InChI=1S/C25H24FN5O2/c1-16-4-11-22(28-15-16)30-25(33)20-14-19(26)9-10-21(20)29-24(32)18-7-5-17(6-8-18)23(27)31-12-2-3-13-31/h4-11,14-15,27H,2-3,12-13H2,1H3,(H,29,32)(H,28,30,33). The summed E-state index contributed by atoms with van der Waals surface area (Å²) in [5, 5.41) is 13.6. The van der Waals surface area contributed by atoms with Gasteiger partial charge in [0.1, 0.15) is 17.5 Å². The number of carbonyl (C=O) groups is 2. The van der Waals surface area contributed by atoms with Gasteiger partial charge < -0.3 is 15.5 Å². The van der Waals surface area contributed by atoms with E-state index < -0.39 is 17.6 Å². The maximum absolute atomic E-state index is 13.9. The fraction of sp³-hybridized carbons (Fsp3) is 0.200. The highest BCUT2D eigenvalue weighted by molar-refractivity contribution is 6.12. The Morgan fingerprint density at radius 2 is 1.64 bits per heavy atom. The molecule has 1 fully saturated rings. The van der Waals surface area contributed by atoms with E-state index in [-0.39, 0.29) is 11.3 Å². The molecule has 1 aromatic heterocycles. The van der Waals surface area contributed by atoms with E-state index in [1.54, 1.807) is 42.6 Å². The van der Waals surface area contributed by atoms with Crippen LogP contribution in [-0.2, 0) is 0 Å². The summed E-state index contributed by atoms with van der Waals surface area (Å²) < 4.78 is 13.9. The Hall–Kier alpha value is -4.07. The van der Waals surface area contributed by atoms with Crippen LogP contribution in [0.15, 0.2) is 60.8 Å². The van der Waals surface area contributed by atoms with Crippen molar-refractivity contribution in [2.45, 2.75) is 19.8 Å². The second-order valence-electron chi connectivity index (χ2n) is 7.94. The first kappa shape index (κ1) is 22.1. The molecule has 0 atom stereocenters. The molecule has 4 rings (SSSR count). The third-order valence-corrected chi connectivity index (χ3v) is 5.47. The molecule has 33 heavy (non-hydrogen) atoms. The summed E-state index contributed by atoms with van der Waals surface area (Å²) in [7, 11) is 0. The number of aromatic nitrogens is 1. The van der Waals surface area contributed by atoms with Gasteiger partial charge in [0.05, 0.1) is 11.3 Å². The average molecular weight is 445 g/mol. The van der Waals surface area contributed by atoms with Gasteiger partial charge in [-0.15, -0.1) is 0 Å². The first-order valence-corrected chi connectivity index (χ1v) is 10.7. The molecule has 1 saturated heterocycles. The molecule has 0 aliphatic carbocycles. The molecule has 2 amide bonds. The molecule has 8 heteroatoms. The van der Waals surface area contributed by atoms with Crippen LogP contribution >= 0.6 is 0 Å². The molecule has 3 aromatic rings. The number of amides is 2. The monoisotopic (exact) mass is 445 g/mol. The lowest BCUT2D eigenvalue weighted by Gasteiger charge is -2.18. The van der Waals surface area contributed by atoms with Crippen molar-refractivity contribution in [3.8, 4) is 0 Å². The molecule has 0 unspecified atom stereocenters. The largest absolute Gasteiger partial charge is 0.357 e. The molecule has 0 saturated carbocycles. The number of rotatable bonds is 5. The number of nitrogens with zero attached hydrogens (tertiary/aromatic N) is 2. The molecule has 2 heterocycles. The second kappa shape index (κ2) is 9.60. The molecule has 7 nitrogen and oxygen atoms in total. The molecule has 1 aliphatic rings. The zero-order valence-corrected chi connectivity index (χ0v) is 18.2. The van der Waals surface area contributed by atoms with Crippen molar-refractivity contribution >= 4 is 29.2 Å². The van der Waals surface area contributed by atoms with Crippen molar-refractivity contribution < 1.29 is 14.0 Å². The maximum Gasteiger partial charge on any atom is 0.259 e. The summed E-state index contributed by atoms with van der Waals surface area (Å²) in [6.07, 6.45) is 3.77. The molecule has 1 aliphatic heterocycles. The van der Waals surface area contributed by atoms with E-state index in [9.17, 15) is 14.0 Å². The van der Waals surface area contributed by atoms with Gasteiger partial charge in [-0.3, -0.25) is 15.0 Å². The molecule has 0 spiro atoms. The summed E-state index contributed by atoms with van der Waals surface area (Å²) in [4.78, 5) is 31.7. The summed E-state index contributed by atoms with van der Waals surface area (Å²) in [5.41, 5.74) is 2.20. The quantitative estimate of drug-likeness (QED) is 0.399. The van der Waals surface area contributed by atoms with Crippen LogP contribution in [0.25, 0.3) is 0 Å². The van der Waals surface area contributed by atoms with Crippen LogP contribution in [0.3, 0.4) is 0 Å². The Bertz CT molecular complexity index is 1190. The van der Waals surface area contributed by atoms with Crippen molar-refractivity contribution in [1.82, 2.24) is 9.88 Å². The van der Waals surface area contributed by atoms with Crippen molar-refractivity contribution in [1.29, 1.82) is 5.41 Å². The highest BCUT2D eigenvalue weighted by Crippen LogP contribution is 2.20. The molecule has 0 bridgehead atoms. The summed E-state index contributed by atoms with van der Waals surface area (Å²) in [5.74, 6) is -0.858. The van der Waals surface area contributed by atoms with Crippen molar-refractivity contribution in [2.75, 3.05) is 23.7 Å². The van der Waals surface area contributed by atoms with Crippen LogP contribution in [0.5, 0.6) is 0 Å². The second-order valence-corrected chi connectivity index (χ2v) is 7.94. The average Bonchev–Trinajstić information content (AvgIpc) is 3.36. The highest BCUT2D eigenvalue weighted by Gasteiger charge is 2.18. The molecular weight excluding hydrogens is 421 g/mol. The lowest BCUT2D eigenvalue weighted by Crippen LogP contribution is -2.27. The van der Waals surface area contributed by atoms with E-state index in [1.165, 1.54) is 12.1 Å². The first-order chi connectivity index (χ1) is 15.9. The van der Waals surface area contributed by atoms with Gasteiger partial charge in [-0.1, -0.05) is 18.2 Å². The third-order valence-electron chi connectivity index (χ3n) is 5.47. The normalized spacial score (nSPS) is 13.0. The number of benzene rings is 2. The molecule has 168 valence electrons. The molecule has 3 N–H and O–H groups in total. The van der Waals surface area contributed by atoms with Crippen molar-refractivity contribution in [2.24, 2.45) is 0 Å². The molecular formula is C25H24FN5O2. The van der Waals surface area contributed by atoms with Gasteiger partial charge in [0.25, 0.3) is 11.8 Å². The number of hydrogen-bond donors (Lipinski definition) is 3. The fourth-order valence-electron chi connectivity index (χ4n) is 3.64. The highest BCUT2D eigenvalue weighted by atomic mass is 19.1. The molecule has 2 aromatic carbocycles. The number of pyridine rings is 1. The third kappa shape index (κ3) is 5.23. The van der Waals surface area contributed by atoms with E-state index in [1.807, 2.05) is 11.8 Å². The number of nitrogens with one attached hydrogen (secondary N) is 3. The Morgan fingerprint density at radius 1 is 0.939 bits per heavy atom. The van der Waals surface area contributed by atoms with Crippen LogP contribution in [-0.4, -0.2) is 40.6 Å². The van der Waals surface area contributed by atoms with Gasteiger partial charge in [0.15, 0.2) is 0 Å². The Morgan fingerprint density at radius 3 is 2.30 bits per heavy atom. The minimum atomic E-state index is -0.597. The van der Waals surface area contributed by atoms with Crippen LogP contribution < -0.4 is 10.6 Å². The molecule has 0 radical (unpaired) electrons. The van der Waals surface area contributed by atoms with Gasteiger partial charge in [-0.25, -0.2) is 9.37 Å². The van der Waals surface area contributed by atoms with Crippen LogP contribution in [0.4, 0.5) is 15.9 Å². The minimum Gasteiger partial charge on any atom is -0.357 e. The number of hydrogen-bond acceptors (Lipinski definition) is 4.